The summed E-state index contributed by atoms with van der Waals surface area (Å²) in [6.45, 7) is 5.74. The molecule has 0 radical (unpaired) electrons. The molecule has 11 atom stereocenters. The minimum Gasteiger partial charge on any atom is -0.480 e. The van der Waals surface area contributed by atoms with Crippen molar-refractivity contribution in [1.29, 1.82) is 0 Å². The van der Waals surface area contributed by atoms with E-state index in [1.54, 1.807) is 39.9 Å². The molecule has 0 aliphatic carbocycles. The van der Waals surface area contributed by atoms with Gasteiger partial charge in [-0.15, -0.1) is 0 Å². The van der Waals surface area contributed by atoms with Crippen molar-refractivity contribution in [2.45, 2.75) is 147 Å². The molecule has 0 rings (SSSR count). The topological polar surface area (TPSA) is 445 Å². The van der Waals surface area contributed by atoms with Gasteiger partial charge in [-0.05, 0) is 43.9 Å². The highest BCUT2D eigenvalue weighted by molar-refractivity contribution is 5.98. The van der Waals surface area contributed by atoms with Crippen LogP contribution in [0, 0.1) is 17.8 Å². The standard InChI is InChI=1S/C41H67F6N11O16/c1-8-18(6)26(57-29(62)20(10-9-11-51-39(49)50)52-30(63)21(12-16(2)3)53-33(66)25(48)28(61)17(4)5)34(67)58-27(19(7)60)35(68)54-22(13-59)31(64)55-23(14-73-37(71)40(42,43)44)32(65)56-24(36(69)70)15-74-38(72)41(45,46)47/h16-28,59-61H,8-15,48H2,1-7H3,(H,52,63)(H,53,66)(H,54,68)(H,55,64)(H,56,65)(H,57,62)(H,58,67)(H,69,70)(H4,49,50,51)/t18-,19-,20+,21-,22+,23-,24-,25-,26-,27-,28+/m0/s1. The average Bonchev–Trinajstić information content (AvgIpc) is 3.29. The zero-order valence-electron chi connectivity index (χ0n) is 41.3. The summed E-state index contributed by atoms with van der Waals surface area (Å²) in [6.07, 6.45) is -14.4. The molecule has 0 heterocycles. The maximum absolute atomic E-state index is 14.0. The molecule has 0 saturated heterocycles. The number of nitrogens with one attached hydrogen (secondary N) is 7. The molecule has 0 aromatic carbocycles. The Kier molecular flexibility index (Phi) is 28.4. The second kappa shape index (κ2) is 31.2. The predicted octanol–water partition coefficient (Wildman–Crippen LogP) is -4.46. The summed E-state index contributed by atoms with van der Waals surface area (Å²) in [5.41, 5.74) is 16.8. The molecule has 0 aromatic heterocycles. The van der Waals surface area contributed by atoms with Crippen LogP contribution < -0.4 is 54.4 Å². The fourth-order valence-corrected chi connectivity index (χ4v) is 6.03. The normalized spacial score (nSPS) is 16.1. The van der Waals surface area contributed by atoms with E-state index < -0.39 is 164 Å². The molecule has 424 valence electrons. The van der Waals surface area contributed by atoms with E-state index in [1.807, 2.05) is 5.32 Å². The van der Waals surface area contributed by atoms with Gasteiger partial charge in [0.1, 0.15) is 55.5 Å². The molecule has 33 heteroatoms. The van der Waals surface area contributed by atoms with Gasteiger partial charge in [-0.3, -0.25) is 38.6 Å². The maximum atomic E-state index is 14.0. The Bertz CT molecular complexity index is 1980. The lowest BCUT2D eigenvalue weighted by molar-refractivity contribution is -0.201. The van der Waals surface area contributed by atoms with E-state index in [9.17, 15) is 94.7 Å². The number of hydrogen-bond acceptors (Lipinski definition) is 17. The third kappa shape index (κ3) is 24.0. The molecule has 0 aliphatic rings. The predicted molar refractivity (Wildman–Crippen MR) is 242 cm³/mol. The number of rotatable bonds is 31. The number of aliphatic hydroxyl groups excluding tert-OH is 3. The van der Waals surface area contributed by atoms with Crippen LogP contribution in [0.3, 0.4) is 0 Å². The van der Waals surface area contributed by atoms with Crippen LogP contribution in [-0.4, -0.2) is 185 Å². The number of amides is 7. The van der Waals surface area contributed by atoms with Crippen molar-refractivity contribution in [1.82, 2.24) is 37.2 Å². The summed E-state index contributed by atoms with van der Waals surface area (Å²) >= 11 is 0. The number of carbonyl (C=O) groups is 10. The molecule has 27 nitrogen and oxygen atoms in total. The fraction of sp³-hybridized carbons (Fsp3) is 0.732. The summed E-state index contributed by atoms with van der Waals surface area (Å²) < 4.78 is 84.3. The number of carboxylic acids is 1. The van der Waals surface area contributed by atoms with Gasteiger partial charge in [0, 0.05) is 6.54 Å². The lowest BCUT2D eigenvalue weighted by Gasteiger charge is -2.30. The van der Waals surface area contributed by atoms with Crippen molar-refractivity contribution < 1.29 is 104 Å². The van der Waals surface area contributed by atoms with Crippen LogP contribution in [0.25, 0.3) is 0 Å². The Morgan fingerprint density at radius 2 is 1.01 bits per heavy atom. The summed E-state index contributed by atoms with van der Waals surface area (Å²) in [5.74, 6) is -18.8. The quantitative estimate of drug-likeness (QED) is 0.0102. The SMILES string of the molecule is CC[C@H](C)[C@H](NC(=O)[C@@H](CCCN=C(N)N)NC(=O)[C@H](CC(C)C)NC(=O)[C@@H](N)[C@H](O)C(C)C)C(=O)N[C@H](C(=O)N[C@H](CO)C(=O)N[C@@H](COC(=O)C(F)(F)F)C(=O)N[C@@H](COC(=O)C(F)(F)F)C(=O)O)[C@H](C)O. The van der Waals surface area contributed by atoms with Gasteiger partial charge >= 0.3 is 30.3 Å². The monoisotopic (exact) mass is 1080 g/mol. The highest BCUT2D eigenvalue weighted by Gasteiger charge is 2.44. The first-order chi connectivity index (χ1) is 34.0. The van der Waals surface area contributed by atoms with E-state index in [0.29, 0.717) is 0 Å². The first-order valence-electron chi connectivity index (χ1n) is 22.6. The third-order valence-corrected chi connectivity index (χ3v) is 10.4. The summed E-state index contributed by atoms with van der Waals surface area (Å²) in [7, 11) is 0. The number of esters is 2. The smallest absolute Gasteiger partial charge is 0.480 e. The zero-order chi connectivity index (χ0) is 57.6. The zero-order valence-corrected chi connectivity index (χ0v) is 41.3. The van der Waals surface area contributed by atoms with Crippen LogP contribution in [0.2, 0.25) is 0 Å². The number of guanidine groups is 1. The van der Waals surface area contributed by atoms with E-state index in [4.69, 9.17) is 17.2 Å². The highest BCUT2D eigenvalue weighted by atomic mass is 19.4. The molecule has 0 unspecified atom stereocenters. The van der Waals surface area contributed by atoms with Crippen molar-refractivity contribution >= 4 is 65.2 Å². The number of aliphatic hydroxyl groups is 3. The van der Waals surface area contributed by atoms with Crippen LogP contribution >= 0.6 is 0 Å². The minimum absolute atomic E-state index is 0.0291. The number of halogens is 6. The van der Waals surface area contributed by atoms with Crippen molar-refractivity contribution in [3.05, 3.63) is 0 Å². The van der Waals surface area contributed by atoms with Crippen molar-refractivity contribution in [2.75, 3.05) is 26.4 Å². The van der Waals surface area contributed by atoms with Crippen molar-refractivity contribution in [3.8, 4) is 0 Å². The highest BCUT2D eigenvalue weighted by Crippen LogP contribution is 2.18. The van der Waals surface area contributed by atoms with Crippen molar-refractivity contribution in [3.63, 3.8) is 0 Å². The van der Waals surface area contributed by atoms with Gasteiger partial charge in [-0.1, -0.05) is 48.0 Å². The molecule has 74 heavy (non-hydrogen) atoms. The minimum atomic E-state index is -5.71. The molecule has 0 aromatic rings. The Morgan fingerprint density at radius 3 is 1.46 bits per heavy atom. The lowest BCUT2D eigenvalue weighted by Crippen LogP contribution is -2.63. The maximum Gasteiger partial charge on any atom is 0.490 e. The molecule has 0 fully saturated rings. The molecule has 7 amide bonds. The second-order valence-electron chi connectivity index (χ2n) is 17.5. The van der Waals surface area contributed by atoms with Gasteiger partial charge in [0.25, 0.3) is 0 Å². The molecule has 0 saturated carbocycles. The van der Waals surface area contributed by atoms with Gasteiger partial charge in [0.15, 0.2) is 12.0 Å². The van der Waals surface area contributed by atoms with Gasteiger partial charge in [-0.2, -0.15) is 26.3 Å². The Morgan fingerprint density at radius 1 is 0.595 bits per heavy atom. The summed E-state index contributed by atoms with van der Waals surface area (Å²) in [5, 5.41) is 55.0. The molecule has 0 aliphatic heterocycles. The first-order valence-corrected chi connectivity index (χ1v) is 22.6. The van der Waals surface area contributed by atoms with E-state index in [2.05, 4.69) is 35.7 Å². The Hall–Kier alpha value is -6.61. The van der Waals surface area contributed by atoms with Crippen LogP contribution in [0.4, 0.5) is 26.3 Å². The number of aliphatic carboxylic acids is 1. The lowest BCUT2D eigenvalue weighted by atomic mass is 9.96. The number of carbonyl (C=O) groups excluding carboxylic acids is 9. The van der Waals surface area contributed by atoms with E-state index in [-0.39, 0.29) is 44.1 Å². The number of nitrogens with zero attached hydrogens (tertiary/aromatic N) is 1. The summed E-state index contributed by atoms with van der Waals surface area (Å²) in [6, 6.07) is -15.3. The summed E-state index contributed by atoms with van der Waals surface area (Å²) in [4.78, 5) is 132. The van der Waals surface area contributed by atoms with Crippen LogP contribution in [-0.2, 0) is 57.4 Å². The van der Waals surface area contributed by atoms with Crippen molar-refractivity contribution in [2.24, 2.45) is 39.9 Å². The third-order valence-electron chi connectivity index (χ3n) is 10.4. The Balaban J connectivity index is 6.68. The van der Waals surface area contributed by atoms with Crippen LogP contribution in [0.5, 0.6) is 0 Å². The number of aliphatic imine (C=N–C) groups is 1. The van der Waals surface area contributed by atoms with E-state index in [1.165, 1.54) is 12.2 Å². The molecule has 17 N–H and O–H groups in total. The van der Waals surface area contributed by atoms with Gasteiger partial charge in [0.2, 0.25) is 41.4 Å². The van der Waals surface area contributed by atoms with Crippen LogP contribution in [0.1, 0.15) is 74.1 Å². The number of nitrogens with two attached hydrogens (primary N) is 3. The van der Waals surface area contributed by atoms with Crippen LogP contribution in [0.15, 0.2) is 4.99 Å². The number of hydrogen-bond donors (Lipinski definition) is 14. The number of alkyl halides is 6. The van der Waals surface area contributed by atoms with Gasteiger partial charge < -0.3 is 84.3 Å². The molecule has 0 spiro atoms. The van der Waals surface area contributed by atoms with E-state index >= 15 is 0 Å². The molecular formula is C41H67F6N11O16. The fourth-order valence-electron chi connectivity index (χ4n) is 6.03. The van der Waals surface area contributed by atoms with E-state index in [0.717, 1.165) is 6.92 Å². The Labute approximate surface area is 419 Å². The molecular weight excluding hydrogens is 1020 g/mol. The van der Waals surface area contributed by atoms with Gasteiger partial charge in [0.05, 0.1) is 18.8 Å². The largest absolute Gasteiger partial charge is 0.490 e. The first kappa shape index (κ1) is 67.4. The number of carboxylic acid groups (broad SMARTS) is 1. The average molecular weight is 1080 g/mol. The van der Waals surface area contributed by atoms with Gasteiger partial charge in [-0.25, -0.2) is 14.4 Å². The molecule has 0 bridgehead atoms. The number of ether oxygens (including phenoxy) is 2. The second-order valence-corrected chi connectivity index (χ2v) is 17.5.